The van der Waals surface area contributed by atoms with Crippen LogP contribution in [0.4, 0.5) is 0 Å². The molecule has 14 heavy (non-hydrogen) atoms. The molecule has 74 valence electrons. The predicted molar refractivity (Wildman–Crippen MR) is 63.2 cm³/mol. The maximum Gasteiger partial charge on any atom is 0.134 e. The monoisotopic (exact) mass is 204 g/mol. The Bertz CT molecular complexity index is 366. The molecule has 0 radical (unpaired) electrons. The van der Waals surface area contributed by atoms with E-state index in [1.807, 2.05) is 24.3 Å². The summed E-state index contributed by atoms with van der Waals surface area (Å²) in [5.41, 5.74) is 4.31. The highest BCUT2D eigenvalue weighted by molar-refractivity contribution is 6.83. The van der Waals surface area contributed by atoms with Crippen molar-refractivity contribution in [3.05, 3.63) is 29.8 Å². The summed E-state index contributed by atoms with van der Waals surface area (Å²) >= 11 is 0. The van der Waals surface area contributed by atoms with E-state index < -0.39 is 8.07 Å². The summed E-state index contributed by atoms with van der Waals surface area (Å²) in [6.07, 6.45) is 0. The van der Waals surface area contributed by atoms with Gasteiger partial charge in [-0.15, -0.1) is 5.54 Å². The molecule has 1 rings (SSSR count). The van der Waals surface area contributed by atoms with Gasteiger partial charge in [-0.1, -0.05) is 37.7 Å². The molecule has 1 nitrogen and oxygen atoms in total. The number of methoxy groups -OCH3 is 1. The molecular formula is C12H16OSi. The van der Waals surface area contributed by atoms with E-state index in [4.69, 9.17) is 4.74 Å². The largest absolute Gasteiger partial charge is 0.495 e. The minimum atomic E-state index is -1.29. The predicted octanol–water partition coefficient (Wildman–Crippen LogP) is 2.92. The van der Waals surface area contributed by atoms with Gasteiger partial charge in [0, 0.05) is 0 Å². The Morgan fingerprint density at radius 3 is 2.36 bits per heavy atom. The van der Waals surface area contributed by atoms with E-state index in [2.05, 4.69) is 31.1 Å². The van der Waals surface area contributed by atoms with Gasteiger partial charge in [-0.3, -0.25) is 0 Å². The molecule has 0 spiro atoms. The molecule has 0 saturated heterocycles. The molecule has 0 saturated carbocycles. The van der Waals surface area contributed by atoms with Gasteiger partial charge < -0.3 is 4.74 Å². The van der Waals surface area contributed by atoms with E-state index in [0.29, 0.717) is 0 Å². The van der Waals surface area contributed by atoms with Crippen LogP contribution in [0.5, 0.6) is 5.75 Å². The lowest BCUT2D eigenvalue weighted by atomic mass is 10.2. The van der Waals surface area contributed by atoms with Gasteiger partial charge in [-0.2, -0.15) is 0 Å². The first kappa shape index (κ1) is 10.9. The fourth-order valence-electron chi connectivity index (χ4n) is 1.00. The summed E-state index contributed by atoms with van der Waals surface area (Å²) < 4.78 is 5.22. The number of hydrogen-bond acceptors (Lipinski definition) is 1. The zero-order chi connectivity index (χ0) is 10.6. The molecule has 0 aliphatic heterocycles. The Labute approximate surface area is 87.1 Å². The van der Waals surface area contributed by atoms with Crippen LogP contribution in [0.2, 0.25) is 19.6 Å². The van der Waals surface area contributed by atoms with E-state index in [-0.39, 0.29) is 0 Å². The van der Waals surface area contributed by atoms with E-state index in [0.717, 1.165) is 11.3 Å². The van der Waals surface area contributed by atoms with Crippen molar-refractivity contribution in [2.24, 2.45) is 0 Å². The summed E-state index contributed by atoms with van der Waals surface area (Å²) in [6.45, 7) is 6.69. The summed E-state index contributed by atoms with van der Waals surface area (Å²) in [5, 5.41) is 0. The van der Waals surface area contributed by atoms with Crippen molar-refractivity contribution in [1.29, 1.82) is 0 Å². The maximum absolute atomic E-state index is 5.22. The Morgan fingerprint density at radius 1 is 1.14 bits per heavy atom. The highest BCUT2D eigenvalue weighted by atomic mass is 28.3. The van der Waals surface area contributed by atoms with Crippen LogP contribution in [0.15, 0.2) is 24.3 Å². The Hall–Kier alpha value is -1.20. The second-order valence-corrected chi connectivity index (χ2v) is 8.95. The molecule has 2 heteroatoms. The summed E-state index contributed by atoms with van der Waals surface area (Å²) in [4.78, 5) is 0. The van der Waals surface area contributed by atoms with Crippen molar-refractivity contribution in [3.8, 4) is 17.2 Å². The topological polar surface area (TPSA) is 9.23 Å². The lowest BCUT2D eigenvalue weighted by molar-refractivity contribution is 0.413. The molecule has 1 aromatic carbocycles. The van der Waals surface area contributed by atoms with Crippen molar-refractivity contribution in [2.75, 3.05) is 7.11 Å². The second kappa shape index (κ2) is 4.34. The van der Waals surface area contributed by atoms with Gasteiger partial charge in [0.2, 0.25) is 0 Å². The van der Waals surface area contributed by atoms with Crippen molar-refractivity contribution in [2.45, 2.75) is 19.6 Å². The average molecular weight is 204 g/mol. The summed E-state index contributed by atoms with van der Waals surface area (Å²) in [7, 11) is 0.383. The molecule has 0 aliphatic carbocycles. The van der Waals surface area contributed by atoms with Crippen LogP contribution in [0, 0.1) is 11.5 Å². The van der Waals surface area contributed by atoms with Gasteiger partial charge in [0.1, 0.15) is 13.8 Å². The van der Waals surface area contributed by atoms with Crippen molar-refractivity contribution < 1.29 is 4.74 Å². The third-order valence-electron chi connectivity index (χ3n) is 1.68. The first-order valence-electron chi connectivity index (χ1n) is 4.69. The van der Waals surface area contributed by atoms with Crippen LogP contribution in [0.25, 0.3) is 0 Å². The highest BCUT2D eigenvalue weighted by Crippen LogP contribution is 2.15. The smallest absolute Gasteiger partial charge is 0.134 e. The highest BCUT2D eigenvalue weighted by Gasteiger charge is 2.07. The van der Waals surface area contributed by atoms with Crippen LogP contribution in [-0.4, -0.2) is 15.2 Å². The SMILES string of the molecule is COc1ccccc1C#C[Si](C)(C)C. The van der Waals surface area contributed by atoms with Crippen LogP contribution in [0.1, 0.15) is 5.56 Å². The second-order valence-electron chi connectivity index (χ2n) is 4.20. The van der Waals surface area contributed by atoms with Crippen molar-refractivity contribution in [1.82, 2.24) is 0 Å². The van der Waals surface area contributed by atoms with E-state index in [9.17, 15) is 0 Å². The number of hydrogen-bond donors (Lipinski definition) is 0. The molecule has 0 unspecified atom stereocenters. The van der Waals surface area contributed by atoms with Crippen molar-refractivity contribution >= 4 is 8.07 Å². The summed E-state index contributed by atoms with van der Waals surface area (Å²) in [5.74, 6) is 4.05. The Kier molecular flexibility index (Phi) is 3.37. The molecular weight excluding hydrogens is 188 g/mol. The number of rotatable bonds is 1. The van der Waals surface area contributed by atoms with Crippen molar-refractivity contribution in [3.63, 3.8) is 0 Å². The third kappa shape index (κ3) is 3.27. The normalized spacial score (nSPS) is 10.3. The van der Waals surface area contributed by atoms with Gasteiger partial charge in [0.15, 0.2) is 0 Å². The van der Waals surface area contributed by atoms with Gasteiger partial charge in [0.05, 0.1) is 12.7 Å². The molecule has 1 aromatic rings. The number of ether oxygens (including phenoxy) is 1. The lowest BCUT2D eigenvalue weighted by Crippen LogP contribution is -2.16. The quantitative estimate of drug-likeness (QED) is 0.505. The van der Waals surface area contributed by atoms with Crippen LogP contribution >= 0.6 is 0 Å². The standard InChI is InChI=1S/C12H16OSi/c1-13-12-8-6-5-7-11(12)9-10-14(2,3)4/h5-8H,1-4H3. The van der Waals surface area contributed by atoms with Gasteiger partial charge >= 0.3 is 0 Å². The fourth-order valence-corrected chi connectivity index (χ4v) is 1.51. The zero-order valence-corrected chi connectivity index (χ0v) is 10.2. The molecule has 0 amide bonds. The minimum absolute atomic E-state index is 0.859. The van der Waals surface area contributed by atoms with Gasteiger partial charge in [-0.25, -0.2) is 0 Å². The van der Waals surface area contributed by atoms with Gasteiger partial charge in [0.25, 0.3) is 0 Å². The number of benzene rings is 1. The minimum Gasteiger partial charge on any atom is -0.495 e. The molecule has 0 aromatic heterocycles. The van der Waals surface area contributed by atoms with Crippen LogP contribution in [-0.2, 0) is 0 Å². The molecule has 0 aliphatic rings. The number of para-hydroxylation sites is 1. The van der Waals surface area contributed by atoms with E-state index >= 15 is 0 Å². The van der Waals surface area contributed by atoms with E-state index in [1.54, 1.807) is 7.11 Å². The van der Waals surface area contributed by atoms with Gasteiger partial charge in [-0.05, 0) is 12.1 Å². The van der Waals surface area contributed by atoms with Crippen LogP contribution < -0.4 is 4.74 Å². The fraction of sp³-hybridized carbons (Fsp3) is 0.333. The summed E-state index contributed by atoms with van der Waals surface area (Å²) in [6, 6.07) is 7.87. The first-order valence-corrected chi connectivity index (χ1v) is 8.19. The van der Waals surface area contributed by atoms with E-state index in [1.165, 1.54) is 0 Å². The molecule has 0 N–H and O–H groups in total. The molecule has 0 heterocycles. The molecule has 0 atom stereocenters. The Morgan fingerprint density at radius 2 is 1.79 bits per heavy atom. The zero-order valence-electron chi connectivity index (χ0n) is 9.22. The Balaban J connectivity index is 3.00. The maximum atomic E-state index is 5.22. The van der Waals surface area contributed by atoms with Crippen LogP contribution in [0.3, 0.4) is 0 Å². The first-order chi connectivity index (χ1) is 6.53. The average Bonchev–Trinajstić information content (AvgIpc) is 2.14. The third-order valence-corrected chi connectivity index (χ3v) is 2.55. The molecule has 0 fully saturated rings. The lowest BCUT2D eigenvalue weighted by Gasteiger charge is -2.05. The molecule has 0 bridgehead atoms.